The number of alkyl carbamates (subject to hydrolysis) is 2. The maximum absolute atomic E-state index is 11.9. The van der Waals surface area contributed by atoms with Crippen LogP contribution in [0.3, 0.4) is 0 Å². The molecule has 3 N–H and O–H groups in total. The quantitative estimate of drug-likeness (QED) is 0.479. The predicted molar refractivity (Wildman–Crippen MR) is 109 cm³/mol. The lowest BCUT2D eigenvalue weighted by Gasteiger charge is -2.23. The number of hydrogen-bond donors (Lipinski definition) is 3. The van der Waals surface area contributed by atoms with E-state index in [-0.39, 0.29) is 19.1 Å². The van der Waals surface area contributed by atoms with Crippen molar-refractivity contribution in [2.45, 2.75) is 71.1 Å². The van der Waals surface area contributed by atoms with Gasteiger partial charge < -0.3 is 25.2 Å². The maximum atomic E-state index is 11.9. The van der Waals surface area contributed by atoms with Crippen LogP contribution in [0.2, 0.25) is 0 Å². The summed E-state index contributed by atoms with van der Waals surface area (Å²) in [6.07, 6.45) is 1.22. The molecule has 1 aromatic carbocycles. The van der Waals surface area contributed by atoms with Crippen LogP contribution in [0.25, 0.3) is 0 Å². The smallest absolute Gasteiger partial charge is 0.407 e. The number of ether oxygens (including phenoxy) is 2. The highest BCUT2D eigenvalue weighted by molar-refractivity contribution is 5.69. The van der Waals surface area contributed by atoms with Gasteiger partial charge >= 0.3 is 18.2 Å². The number of carboxylic acid groups (broad SMARTS) is 1. The van der Waals surface area contributed by atoms with Crippen LogP contribution in [0, 0.1) is 0 Å². The Bertz CT molecular complexity index is 642. The predicted octanol–water partition coefficient (Wildman–Crippen LogP) is 3.84. The van der Waals surface area contributed by atoms with E-state index in [4.69, 9.17) is 14.6 Å². The molecule has 0 aliphatic carbocycles. The van der Waals surface area contributed by atoms with Crippen LogP contribution in [0.1, 0.15) is 58.4 Å². The molecule has 29 heavy (non-hydrogen) atoms. The Balaban J connectivity index is 2.27. The topological polar surface area (TPSA) is 114 Å². The minimum Gasteiger partial charge on any atom is -0.481 e. The van der Waals surface area contributed by atoms with Gasteiger partial charge in [0, 0.05) is 19.0 Å². The first-order chi connectivity index (χ1) is 13.7. The zero-order valence-corrected chi connectivity index (χ0v) is 17.4. The Morgan fingerprint density at radius 1 is 1.03 bits per heavy atom. The third kappa shape index (κ3) is 13.1. The Hall–Kier alpha value is -2.77. The molecule has 0 unspecified atom stereocenters. The van der Waals surface area contributed by atoms with Gasteiger partial charge in [-0.05, 0) is 52.0 Å². The van der Waals surface area contributed by atoms with Crippen molar-refractivity contribution in [2.75, 3.05) is 6.54 Å². The number of rotatable bonds is 11. The first-order valence-corrected chi connectivity index (χ1v) is 9.81. The van der Waals surface area contributed by atoms with Crippen molar-refractivity contribution in [3.05, 3.63) is 35.9 Å². The summed E-state index contributed by atoms with van der Waals surface area (Å²) in [4.78, 5) is 34.5. The molecule has 0 spiro atoms. The van der Waals surface area contributed by atoms with Crippen LogP contribution in [-0.4, -0.2) is 41.4 Å². The fourth-order valence-electron chi connectivity index (χ4n) is 2.54. The molecule has 0 fully saturated rings. The summed E-state index contributed by atoms with van der Waals surface area (Å²) in [7, 11) is 0. The number of amides is 2. The fraction of sp³-hybridized carbons (Fsp3) is 0.571. The van der Waals surface area contributed by atoms with Crippen LogP contribution in [0.15, 0.2) is 30.3 Å². The molecule has 0 bridgehead atoms. The van der Waals surface area contributed by atoms with Gasteiger partial charge in [0.2, 0.25) is 0 Å². The summed E-state index contributed by atoms with van der Waals surface area (Å²) in [5.74, 6) is -0.913. The average Bonchev–Trinajstić information content (AvgIpc) is 2.63. The second kappa shape index (κ2) is 12.6. The molecule has 0 radical (unpaired) electrons. The first-order valence-electron chi connectivity index (χ1n) is 9.81. The second-order valence-electron chi connectivity index (χ2n) is 7.76. The lowest BCUT2D eigenvalue weighted by molar-refractivity contribution is -0.137. The zero-order chi connectivity index (χ0) is 21.7. The lowest BCUT2D eigenvalue weighted by atomic mass is 10.0. The van der Waals surface area contributed by atoms with Crippen LogP contribution in [-0.2, 0) is 20.9 Å². The highest BCUT2D eigenvalue weighted by Gasteiger charge is 2.20. The lowest BCUT2D eigenvalue weighted by Crippen LogP contribution is -2.39. The molecule has 0 aromatic heterocycles. The number of benzene rings is 1. The number of nitrogens with one attached hydrogen (secondary N) is 2. The van der Waals surface area contributed by atoms with Gasteiger partial charge in [0.05, 0.1) is 0 Å². The van der Waals surface area contributed by atoms with Crippen molar-refractivity contribution in [1.82, 2.24) is 10.6 Å². The van der Waals surface area contributed by atoms with Gasteiger partial charge in [0.25, 0.3) is 0 Å². The molecular formula is C21H32N2O6. The Kier molecular flexibility index (Phi) is 10.6. The summed E-state index contributed by atoms with van der Waals surface area (Å²) in [6.45, 7) is 5.94. The number of unbranched alkanes of at least 4 members (excludes halogenated alkanes) is 1. The van der Waals surface area contributed by atoms with Gasteiger partial charge in [-0.1, -0.05) is 30.3 Å². The van der Waals surface area contributed by atoms with E-state index in [2.05, 4.69) is 10.6 Å². The van der Waals surface area contributed by atoms with Crippen molar-refractivity contribution in [3.63, 3.8) is 0 Å². The fourth-order valence-corrected chi connectivity index (χ4v) is 2.54. The highest BCUT2D eigenvalue weighted by atomic mass is 16.6. The summed E-state index contributed by atoms with van der Waals surface area (Å²) in [5, 5.41) is 14.3. The van der Waals surface area contributed by atoms with Crippen molar-refractivity contribution < 1.29 is 29.0 Å². The molecule has 2 amide bonds. The first kappa shape index (κ1) is 24.3. The number of carbonyl (C=O) groups excluding carboxylic acids is 2. The van der Waals surface area contributed by atoms with Crippen molar-refractivity contribution >= 4 is 18.2 Å². The molecule has 162 valence electrons. The van der Waals surface area contributed by atoms with Gasteiger partial charge in [-0.3, -0.25) is 4.79 Å². The van der Waals surface area contributed by atoms with Crippen LogP contribution >= 0.6 is 0 Å². The number of carbonyl (C=O) groups is 3. The second-order valence-corrected chi connectivity index (χ2v) is 7.76. The molecule has 8 heteroatoms. The van der Waals surface area contributed by atoms with E-state index in [1.54, 1.807) is 20.8 Å². The minimum atomic E-state index is -0.913. The average molecular weight is 408 g/mol. The molecule has 1 aromatic rings. The maximum Gasteiger partial charge on any atom is 0.407 e. The Labute approximate surface area is 172 Å². The summed E-state index contributed by atoms with van der Waals surface area (Å²) in [6, 6.07) is 9.10. The third-order valence-corrected chi connectivity index (χ3v) is 3.89. The van der Waals surface area contributed by atoms with Gasteiger partial charge in [-0.25, -0.2) is 9.59 Å². The molecule has 0 aliphatic rings. The molecule has 0 heterocycles. The van der Waals surface area contributed by atoms with Crippen LogP contribution < -0.4 is 10.6 Å². The van der Waals surface area contributed by atoms with E-state index >= 15 is 0 Å². The third-order valence-electron chi connectivity index (χ3n) is 3.89. The van der Waals surface area contributed by atoms with E-state index in [9.17, 15) is 14.4 Å². The summed E-state index contributed by atoms with van der Waals surface area (Å²) in [5.41, 5.74) is 0.294. The monoisotopic (exact) mass is 408 g/mol. The molecule has 0 aliphatic heterocycles. The van der Waals surface area contributed by atoms with Gasteiger partial charge in [-0.15, -0.1) is 0 Å². The van der Waals surface area contributed by atoms with Crippen molar-refractivity contribution in [3.8, 4) is 0 Å². The molecular weight excluding hydrogens is 376 g/mol. The van der Waals surface area contributed by atoms with E-state index < -0.39 is 23.8 Å². The molecule has 0 saturated heterocycles. The summed E-state index contributed by atoms with van der Waals surface area (Å²) < 4.78 is 10.4. The van der Waals surface area contributed by atoms with Gasteiger partial charge in [0.1, 0.15) is 12.2 Å². The largest absolute Gasteiger partial charge is 0.481 e. The number of carboxylic acids is 1. The van der Waals surface area contributed by atoms with E-state index in [0.717, 1.165) is 5.56 Å². The van der Waals surface area contributed by atoms with Crippen LogP contribution in [0.4, 0.5) is 9.59 Å². The molecule has 0 saturated carbocycles. The SMILES string of the molecule is CC(C)(C)OC(=O)N[C@@H](CCCCNC(=O)OCc1ccccc1)CCC(=O)O. The molecule has 1 rings (SSSR count). The highest BCUT2D eigenvalue weighted by Crippen LogP contribution is 2.11. The van der Waals surface area contributed by atoms with E-state index in [1.807, 2.05) is 30.3 Å². The number of hydrogen-bond acceptors (Lipinski definition) is 5. The van der Waals surface area contributed by atoms with Crippen LogP contribution in [0.5, 0.6) is 0 Å². The zero-order valence-electron chi connectivity index (χ0n) is 17.4. The normalized spacial score (nSPS) is 12.0. The van der Waals surface area contributed by atoms with Crippen molar-refractivity contribution in [1.29, 1.82) is 0 Å². The number of aliphatic carboxylic acids is 1. The Morgan fingerprint density at radius 2 is 1.72 bits per heavy atom. The molecule has 8 nitrogen and oxygen atoms in total. The Morgan fingerprint density at radius 3 is 2.34 bits per heavy atom. The minimum absolute atomic E-state index is 0.0372. The van der Waals surface area contributed by atoms with Crippen molar-refractivity contribution in [2.24, 2.45) is 0 Å². The van der Waals surface area contributed by atoms with E-state index in [0.29, 0.717) is 32.2 Å². The van der Waals surface area contributed by atoms with Gasteiger partial charge in [-0.2, -0.15) is 0 Å². The molecule has 1 atom stereocenters. The summed E-state index contributed by atoms with van der Waals surface area (Å²) >= 11 is 0. The van der Waals surface area contributed by atoms with E-state index in [1.165, 1.54) is 0 Å². The van der Waals surface area contributed by atoms with Gasteiger partial charge in [0.15, 0.2) is 0 Å². The standard InChI is InChI=1S/C21H32N2O6/c1-21(2,3)29-20(27)23-17(12-13-18(24)25)11-7-8-14-22-19(26)28-15-16-9-5-4-6-10-16/h4-6,9-10,17H,7-8,11-15H2,1-3H3,(H,22,26)(H,23,27)(H,24,25)/t17-/m0/s1.